The summed E-state index contributed by atoms with van der Waals surface area (Å²) in [5.74, 6) is 0.549. The van der Waals surface area contributed by atoms with Crippen molar-refractivity contribution >= 4 is 28.1 Å². The lowest BCUT2D eigenvalue weighted by molar-refractivity contribution is -0.116. The summed E-state index contributed by atoms with van der Waals surface area (Å²) in [6, 6.07) is 3.17. The molecule has 5 rings (SSSR count). The van der Waals surface area contributed by atoms with E-state index in [1.165, 1.54) is 11.3 Å². The van der Waals surface area contributed by atoms with Gasteiger partial charge < -0.3 is 15.3 Å². The number of phenolic OH excluding ortho intramolecular Hbond substituents is 1. The number of nitrogens with one attached hydrogen (secondary N) is 1. The van der Waals surface area contributed by atoms with Crippen molar-refractivity contribution in [1.29, 1.82) is 0 Å². The first-order valence-corrected chi connectivity index (χ1v) is 13.0. The number of carbonyl (C=O) groups excluding carboxylic acids is 1. The van der Waals surface area contributed by atoms with Crippen LogP contribution in [0.15, 0.2) is 23.5 Å². The molecule has 3 unspecified atom stereocenters. The normalized spacial score (nSPS) is 31.0. The summed E-state index contributed by atoms with van der Waals surface area (Å²) in [6.07, 6.45) is 7.58. The minimum absolute atomic E-state index is 0.00733. The molecule has 2 N–H and O–H groups in total. The van der Waals surface area contributed by atoms with Crippen molar-refractivity contribution in [3.63, 3.8) is 0 Å². The number of aromatic nitrogens is 1. The SMILES string of the molecule is CON=C1C[C@@H](CCC(=O)Nc2ncc(C)s2)C2C3CCc4cc(O)c(F)cc4C3CC[C@]12C. The summed E-state index contributed by atoms with van der Waals surface area (Å²) >= 11 is 1.48. The van der Waals surface area contributed by atoms with Gasteiger partial charge in [-0.15, -0.1) is 11.3 Å². The Morgan fingerprint density at radius 3 is 2.97 bits per heavy atom. The van der Waals surface area contributed by atoms with Gasteiger partial charge in [-0.1, -0.05) is 12.1 Å². The number of halogens is 1. The van der Waals surface area contributed by atoms with Gasteiger partial charge in [0.2, 0.25) is 5.91 Å². The molecule has 34 heavy (non-hydrogen) atoms. The lowest BCUT2D eigenvalue weighted by Gasteiger charge is -2.50. The minimum atomic E-state index is -0.536. The summed E-state index contributed by atoms with van der Waals surface area (Å²) in [7, 11) is 1.60. The van der Waals surface area contributed by atoms with Gasteiger partial charge in [0.15, 0.2) is 16.7 Å². The van der Waals surface area contributed by atoms with Crippen LogP contribution in [0.25, 0.3) is 0 Å². The molecule has 0 spiro atoms. The lowest BCUT2D eigenvalue weighted by Crippen LogP contribution is -2.44. The van der Waals surface area contributed by atoms with Crippen LogP contribution in [0.2, 0.25) is 0 Å². The molecule has 2 aromatic rings. The van der Waals surface area contributed by atoms with Crippen LogP contribution in [0.1, 0.15) is 67.4 Å². The van der Waals surface area contributed by atoms with Gasteiger partial charge in [0.1, 0.15) is 7.11 Å². The number of oxime groups is 1. The molecule has 3 aliphatic rings. The third-order valence-corrected chi connectivity index (χ3v) is 9.31. The van der Waals surface area contributed by atoms with Gasteiger partial charge in [0, 0.05) is 22.9 Å². The second-order valence-electron chi connectivity index (χ2n) is 10.3. The van der Waals surface area contributed by atoms with Crippen molar-refractivity contribution in [3.05, 3.63) is 40.2 Å². The molecule has 1 amide bonds. The Hall–Kier alpha value is -2.48. The zero-order valence-electron chi connectivity index (χ0n) is 19.9. The maximum absolute atomic E-state index is 14.3. The number of aromatic hydroxyl groups is 1. The molecule has 182 valence electrons. The van der Waals surface area contributed by atoms with E-state index in [1.807, 2.05) is 6.92 Å². The highest BCUT2D eigenvalue weighted by Crippen LogP contribution is 2.62. The molecule has 3 aliphatic carbocycles. The maximum atomic E-state index is 14.3. The number of benzene rings is 1. The van der Waals surface area contributed by atoms with Gasteiger partial charge in [-0.3, -0.25) is 4.79 Å². The molecule has 1 aromatic heterocycles. The highest BCUT2D eigenvalue weighted by Gasteiger charge is 2.57. The van der Waals surface area contributed by atoms with Crippen molar-refractivity contribution < 1.29 is 19.1 Å². The molecule has 1 heterocycles. The molecule has 0 aliphatic heterocycles. The van der Waals surface area contributed by atoms with E-state index in [0.29, 0.717) is 29.3 Å². The number of anilines is 1. The van der Waals surface area contributed by atoms with E-state index in [0.717, 1.165) is 60.2 Å². The molecule has 0 saturated heterocycles. The predicted octanol–water partition coefficient (Wildman–Crippen LogP) is 5.80. The van der Waals surface area contributed by atoms with Crippen LogP contribution in [0.4, 0.5) is 9.52 Å². The highest BCUT2D eigenvalue weighted by molar-refractivity contribution is 7.15. The lowest BCUT2D eigenvalue weighted by atomic mass is 9.54. The average molecular weight is 486 g/mol. The van der Waals surface area contributed by atoms with Gasteiger partial charge >= 0.3 is 0 Å². The quantitative estimate of drug-likeness (QED) is 0.524. The predicted molar refractivity (Wildman–Crippen MR) is 131 cm³/mol. The number of rotatable bonds is 5. The van der Waals surface area contributed by atoms with Gasteiger partial charge in [-0.2, -0.15) is 0 Å². The fourth-order valence-electron chi connectivity index (χ4n) is 7.09. The van der Waals surface area contributed by atoms with Gasteiger partial charge in [0.05, 0.1) is 5.71 Å². The van der Waals surface area contributed by atoms with Crippen LogP contribution in [-0.4, -0.2) is 28.8 Å². The first-order chi connectivity index (χ1) is 16.3. The standard InChI is InChI=1S/C26H32FN3O3S/c1-14-13-28-25(34-14)29-23(32)7-5-16-11-22(30-33-3)26(2)9-8-17-18(24(16)26)6-4-15-10-21(31)20(27)12-19(15)17/h10,12-13,16-18,24,31H,4-9,11H2,1-3H3,(H,28,29,32)/t16-,17?,18?,24?,26-/m1/s1. The van der Waals surface area contributed by atoms with Gasteiger partial charge in [-0.05, 0) is 92.4 Å². The molecule has 6 nitrogen and oxygen atoms in total. The molecule has 1 aromatic carbocycles. The van der Waals surface area contributed by atoms with Crippen molar-refractivity contribution in [3.8, 4) is 5.75 Å². The monoisotopic (exact) mass is 485 g/mol. The molecule has 5 atom stereocenters. The average Bonchev–Trinajstić information content (AvgIpc) is 3.33. The van der Waals surface area contributed by atoms with E-state index in [1.54, 1.807) is 25.4 Å². The summed E-state index contributed by atoms with van der Waals surface area (Å²) in [4.78, 5) is 23.2. The Morgan fingerprint density at radius 2 is 2.24 bits per heavy atom. The van der Waals surface area contributed by atoms with E-state index in [4.69, 9.17) is 4.84 Å². The third-order valence-electron chi connectivity index (χ3n) is 8.48. The van der Waals surface area contributed by atoms with E-state index < -0.39 is 5.82 Å². The Morgan fingerprint density at radius 1 is 1.41 bits per heavy atom. The zero-order valence-corrected chi connectivity index (χ0v) is 20.8. The maximum Gasteiger partial charge on any atom is 0.226 e. The highest BCUT2D eigenvalue weighted by atomic mass is 32.1. The molecular formula is C26H32FN3O3S. The van der Waals surface area contributed by atoms with E-state index >= 15 is 0 Å². The number of amides is 1. The second-order valence-corrected chi connectivity index (χ2v) is 11.6. The summed E-state index contributed by atoms with van der Waals surface area (Å²) < 4.78 is 14.3. The topological polar surface area (TPSA) is 83.8 Å². The summed E-state index contributed by atoms with van der Waals surface area (Å²) in [5.41, 5.74) is 3.16. The number of carbonyl (C=O) groups is 1. The first-order valence-electron chi connectivity index (χ1n) is 12.1. The number of hydrogen-bond donors (Lipinski definition) is 2. The smallest absolute Gasteiger partial charge is 0.226 e. The largest absolute Gasteiger partial charge is 0.505 e. The number of hydrogen-bond acceptors (Lipinski definition) is 6. The number of nitrogens with zero attached hydrogens (tertiary/aromatic N) is 2. The number of aryl methyl sites for hydroxylation is 2. The fraction of sp³-hybridized carbons (Fsp3) is 0.577. The second kappa shape index (κ2) is 8.95. The van der Waals surface area contributed by atoms with Crippen LogP contribution in [0.5, 0.6) is 5.75 Å². The molecule has 2 saturated carbocycles. The summed E-state index contributed by atoms with van der Waals surface area (Å²) in [6.45, 7) is 4.27. The Balaban J connectivity index is 1.39. The van der Waals surface area contributed by atoms with Crippen LogP contribution < -0.4 is 5.32 Å². The van der Waals surface area contributed by atoms with Gasteiger partial charge in [-0.25, -0.2) is 9.37 Å². The zero-order chi connectivity index (χ0) is 24.0. The molecule has 0 bridgehead atoms. The minimum Gasteiger partial charge on any atom is -0.505 e. The van der Waals surface area contributed by atoms with Crippen LogP contribution in [0.3, 0.4) is 0 Å². The molecule has 2 fully saturated rings. The van der Waals surface area contributed by atoms with Crippen LogP contribution in [-0.2, 0) is 16.1 Å². The molecule has 0 radical (unpaired) electrons. The van der Waals surface area contributed by atoms with E-state index in [9.17, 15) is 14.3 Å². The van der Waals surface area contributed by atoms with Gasteiger partial charge in [0.25, 0.3) is 0 Å². The first kappa shape index (κ1) is 23.3. The number of thiazole rings is 1. The van der Waals surface area contributed by atoms with Crippen molar-refractivity contribution in [2.75, 3.05) is 12.4 Å². The Bertz CT molecular complexity index is 1130. The number of fused-ring (bicyclic) bond motifs is 5. The Labute approximate surface area is 203 Å². The van der Waals surface area contributed by atoms with Crippen LogP contribution >= 0.6 is 11.3 Å². The molecular weight excluding hydrogens is 453 g/mol. The summed E-state index contributed by atoms with van der Waals surface area (Å²) in [5, 5.41) is 17.9. The van der Waals surface area contributed by atoms with Crippen molar-refractivity contribution in [2.24, 2.45) is 28.3 Å². The molecule has 8 heteroatoms. The van der Waals surface area contributed by atoms with Crippen LogP contribution in [0, 0.1) is 35.9 Å². The van der Waals surface area contributed by atoms with Crippen molar-refractivity contribution in [1.82, 2.24) is 4.98 Å². The number of phenols is 1. The Kier molecular flexibility index (Phi) is 6.12. The third kappa shape index (κ3) is 4.00. The van der Waals surface area contributed by atoms with E-state index in [-0.39, 0.29) is 23.0 Å². The van der Waals surface area contributed by atoms with Crippen molar-refractivity contribution in [2.45, 2.75) is 64.7 Å². The fourth-order valence-corrected chi connectivity index (χ4v) is 7.77. The van der Waals surface area contributed by atoms with E-state index in [2.05, 4.69) is 22.4 Å².